The number of halogens is 4. The molecule has 2 aromatic heterocycles. The number of carbonyl (C=O) groups is 1. The summed E-state index contributed by atoms with van der Waals surface area (Å²) >= 11 is 1.10. The normalized spacial score (nSPS) is 21.2. The van der Waals surface area contributed by atoms with Crippen LogP contribution in [0.4, 0.5) is 29.2 Å². The van der Waals surface area contributed by atoms with Gasteiger partial charge in [0.05, 0.1) is 17.2 Å². The average molecular weight is 533 g/mol. The van der Waals surface area contributed by atoms with Gasteiger partial charge in [-0.2, -0.15) is 13.2 Å². The second-order valence-corrected chi connectivity index (χ2v) is 10.3. The van der Waals surface area contributed by atoms with Crippen molar-refractivity contribution < 1.29 is 27.5 Å². The topological polar surface area (TPSA) is 78.4 Å². The van der Waals surface area contributed by atoms with Crippen LogP contribution < -0.4 is 9.62 Å². The van der Waals surface area contributed by atoms with Crippen molar-refractivity contribution in [3.05, 3.63) is 65.5 Å². The standard InChI is InChI=1S/C26H24F4N4O2S/c1-15-16(5-2-6-19(15)27)23-17(26(28,29)30)9-10-20(31-23)33-37-22-8-3-7-21(32-22)34-12-4-11-25(14-34)13-18(25)24(35)36/h2-3,5-10,18H,4,11-14H2,1H3,(H,31,33)(H,35,36). The van der Waals surface area contributed by atoms with E-state index in [1.54, 1.807) is 6.07 Å². The maximum Gasteiger partial charge on any atom is 0.418 e. The molecule has 3 aromatic rings. The zero-order valence-electron chi connectivity index (χ0n) is 19.8. The van der Waals surface area contributed by atoms with Crippen LogP contribution in [0.1, 0.15) is 30.4 Å². The quantitative estimate of drug-likeness (QED) is 0.280. The molecule has 1 spiro atoms. The van der Waals surface area contributed by atoms with Crippen molar-refractivity contribution in [1.82, 2.24) is 9.97 Å². The number of nitrogens with zero attached hydrogens (tertiary/aromatic N) is 3. The molecule has 1 aliphatic heterocycles. The van der Waals surface area contributed by atoms with Gasteiger partial charge < -0.3 is 14.7 Å². The minimum atomic E-state index is -4.66. The third-order valence-electron chi connectivity index (χ3n) is 7.11. The highest BCUT2D eigenvalue weighted by atomic mass is 32.2. The van der Waals surface area contributed by atoms with Gasteiger partial charge in [-0.3, -0.25) is 4.79 Å². The molecule has 0 bridgehead atoms. The van der Waals surface area contributed by atoms with Gasteiger partial charge in [0, 0.05) is 36.0 Å². The maximum absolute atomic E-state index is 14.1. The van der Waals surface area contributed by atoms with E-state index < -0.39 is 23.5 Å². The van der Waals surface area contributed by atoms with E-state index in [1.807, 2.05) is 12.1 Å². The number of aliphatic carboxylic acids is 1. The molecule has 1 saturated carbocycles. The number of alkyl halides is 3. The molecule has 3 heterocycles. The predicted molar refractivity (Wildman–Crippen MR) is 133 cm³/mol. The molecular formula is C26H24F4N4O2S. The Kier molecular flexibility index (Phi) is 6.51. The third-order valence-corrected chi connectivity index (χ3v) is 7.86. The molecule has 0 amide bonds. The molecule has 11 heteroatoms. The Morgan fingerprint density at radius 3 is 2.68 bits per heavy atom. The largest absolute Gasteiger partial charge is 0.481 e. The minimum Gasteiger partial charge on any atom is -0.481 e. The van der Waals surface area contributed by atoms with Crippen LogP contribution in [0.5, 0.6) is 0 Å². The van der Waals surface area contributed by atoms with Crippen LogP contribution in [0.15, 0.2) is 53.6 Å². The molecule has 2 atom stereocenters. The Labute approximate surface area is 215 Å². The van der Waals surface area contributed by atoms with E-state index in [2.05, 4.69) is 19.6 Å². The number of piperidine rings is 1. The van der Waals surface area contributed by atoms with Crippen molar-refractivity contribution >= 4 is 29.6 Å². The van der Waals surface area contributed by atoms with Crippen molar-refractivity contribution in [3.8, 4) is 11.3 Å². The van der Waals surface area contributed by atoms with E-state index in [0.29, 0.717) is 18.0 Å². The SMILES string of the molecule is Cc1c(F)cccc1-c1nc(NSc2cccc(N3CCCC4(CC4C(=O)O)C3)n2)ccc1C(F)(F)F. The zero-order chi connectivity index (χ0) is 26.4. The predicted octanol–water partition coefficient (Wildman–Crippen LogP) is 6.42. The van der Waals surface area contributed by atoms with Crippen molar-refractivity contribution in [2.75, 3.05) is 22.7 Å². The lowest BCUT2D eigenvalue weighted by molar-refractivity contribution is -0.139. The number of rotatable bonds is 6. The summed E-state index contributed by atoms with van der Waals surface area (Å²) in [7, 11) is 0. The number of aromatic nitrogens is 2. The number of carboxylic acids is 1. The van der Waals surface area contributed by atoms with Crippen LogP contribution in [0.2, 0.25) is 0 Å². The molecule has 194 valence electrons. The van der Waals surface area contributed by atoms with Gasteiger partial charge in [-0.15, -0.1) is 0 Å². The van der Waals surface area contributed by atoms with Crippen molar-refractivity contribution in [1.29, 1.82) is 0 Å². The molecule has 1 aromatic carbocycles. The summed E-state index contributed by atoms with van der Waals surface area (Å²) in [6.07, 6.45) is -2.20. The number of hydrogen-bond acceptors (Lipinski definition) is 6. The fourth-order valence-electron chi connectivity index (χ4n) is 5.06. The van der Waals surface area contributed by atoms with E-state index in [0.717, 1.165) is 43.2 Å². The number of benzene rings is 1. The van der Waals surface area contributed by atoms with Crippen LogP contribution in [-0.4, -0.2) is 34.1 Å². The highest BCUT2D eigenvalue weighted by Gasteiger charge is 2.59. The smallest absolute Gasteiger partial charge is 0.418 e. The van der Waals surface area contributed by atoms with Gasteiger partial charge in [0.2, 0.25) is 0 Å². The molecule has 2 fully saturated rings. The Morgan fingerprint density at radius 2 is 1.95 bits per heavy atom. The first-order valence-corrected chi connectivity index (χ1v) is 12.6. The van der Waals surface area contributed by atoms with E-state index in [4.69, 9.17) is 0 Å². The summed E-state index contributed by atoms with van der Waals surface area (Å²) in [5.74, 6) is -0.778. The van der Waals surface area contributed by atoms with Crippen LogP contribution in [0, 0.1) is 24.1 Å². The highest BCUT2D eigenvalue weighted by molar-refractivity contribution is 8.00. The second-order valence-electron chi connectivity index (χ2n) is 9.52. The fourth-order valence-corrected chi connectivity index (χ4v) is 5.67. The van der Waals surface area contributed by atoms with Gasteiger partial charge >= 0.3 is 12.1 Å². The zero-order valence-corrected chi connectivity index (χ0v) is 20.7. The first kappa shape index (κ1) is 25.3. The molecule has 37 heavy (non-hydrogen) atoms. The van der Waals surface area contributed by atoms with Crippen LogP contribution >= 0.6 is 11.9 Å². The Balaban J connectivity index is 1.35. The van der Waals surface area contributed by atoms with Gasteiger partial charge in [-0.1, -0.05) is 18.2 Å². The highest BCUT2D eigenvalue weighted by Crippen LogP contribution is 2.58. The van der Waals surface area contributed by atoms with Crippen LogP contribution in [0.3, 0.4) is 0 Å². The van der Waals surface area contributed by atoms with Crippen LogP contribution in [0.25, 0.3) is 11.3 Å². The van der Waals surface area contributed by atoms with E-state index in [-0.39, 0.29) is 34.0 Å². The monoisotopic (exact) mass is 532 g/mol. The van der Waals surface area contributed by atoms with Crippen molar-refractivity contribution in [2.45, 2.75) is 37.4 Å². The van der Waals surface area contributed by atoms with Gasteiger partial charge in [0.1, 0.15) is 22.5 Å². The van der Waals surface area contributed by atoms with Crippen molar-refractivity contribution in [3.63, 3.8) is 0 Å². The summed E-state index contributed by atoms with van der Waals surface area (Å²) in [6.45, 7) is 2.83. The van der Waals surface area contributed by atoms with Crippen molar-refractivity contribution in [2.24, 2.45) is 11.3 Å². The number of carboxylic acid groups (broad SMARTS) is 1. The maximum atomic E-state index is 14.1. The number of nitrogens with one attached hydrogen (secondary N) is 1. The average Bonchev–Trinajstić information content (AvgIpc) is 3.56. The summed E-state index contributed by atoms with van der Waals surface area (Å²) in [6, 6.07) is 11.6. The molecular weight excluding hydrogens is 508 g/mol. The summed E-state index contributed by atoms with van der Waals surface area (Å²) in [5, 5.41) is 9.98. The summed E-state index contributed by atoms with van der Waals surface area (Å²) in [4.78, 5) is 22.4. The first-order valence-electron chi connectivity index (χ1n) is 11.8. The van der Waals surface area contributed by atoms with Gasteiger partial charge in [-0.25, -0.2) is 14.4 Å². The fraction of sp³-hybridized carbons (Fsp3) is 0.346. The Hall–Kier alpha value is -3.34. The van der Waals surface area contributed by atoms with Gasteiger partial charge in [0.25, 0.3) is 0 Å². The van der Waals surface area contributed by atoms with E-state index >= 15 is 0 Å². The first-order chi connectivity index (χ1) is 17.6. The molecule has 2 N–H and O–H groups in total. The minimum absolute atomic E-state index is 0.0693. The lowest BCUT2D eigenvalue weighted by atomic mass is 9.92. The Morgan fingerprint density at radius 1 is 1.16 bits per heavy atom. The molecule has 1 saturated heterocycles. The molecule has 1 aliphatic carbocycles. The van der Waals surface area contributed by atoms with E-state index in [1.165, 1.54) is 31.2 Å². The van der Waals surface area contributed by atoms with Gasteiger partial charge in [0.15, 0.2) is 0 Å². The third kappa shape index (κ3) is 5.09. The van der Waals surface area contributed by atoms with Gasteiger partial charge in [-0.05, 0) is 62.1 Å². The van der Waals surface area contributed by atoms with Crippen LogP contribution in [-0.2, 0) is 11.0 Å². The number of hydrogen-bond donors (Lipinski definition) is 2. The Bertz CT molecular complexity index is 1350. The summed E-state index contributed by atoms with van der Waals surface area (Å²) < 4.78 is 58.1. The lowest BCUT2D eigenvalue weighted by Gasteiger charge is -2.34. The molecule has 0 radical (unpaired) electrons. The molecule has 2 unspecified atom stereocenters. The molecule has 2 aliphatic rings. The summed E-state index contributed by atoms with van der Waals surface area (Å²) in [5.41, 5.74) is -1.34. The molecule has 6 nitrogen and oxygen atoms in total. The number of pyridine rings is 2. The molecule has 5 rings (SSSR count). The van der Waals surface area contributed by atoms with E-state index in [9.17, 15) is 27.5 Å². The lowest BCUT2D eigenvalue weighted by Crippen LogP contribution is -2.38. The second kappa shape index (κ2) is 9.51. The number of anilines is 2.